The highest BCUT2D eigenvalue weighted by atomic mass is 16.5. The van der Waals surface area contributed by atoms with Gasteiger partial charge in [-0.2, -0.15) is 0 Å². The number of aliphatic hydroxyl groups excluding tert-OH is 1. The molecule has 0 heterocycles. The van der Waals surface area contributed by atoms with Gasteiger partial charge in [0.1, 0.15) is 6.10 Å². The molecule has 0 unspecified atom stereocenters. The van der Waals surface area contributed by atoms with E-state index in [0.29, 0.717) is 30.0 Å². The van der Waals surface area contributed by atoms with E-state index >= 15 is 0 Å². The zero-order valence-corrected chi connectivity index (χ0v) is 24.4. The molecule has 0 spiro atoms. The first-order valence-electron chi connectivity index (χ1n) is 15.3. The smallest absolute Gasteiger partial charge is 0.336 e. The van der Waals surface area contributed by atoms with Gasteiger partial charge < -0.3 is 26.4 Å². The molecule has 6 rings (SSSR count). The zero-order valence-electron chi connectivity index (χ0n) is 24.4. The van der Waals surface area contributed by atoms with Crippen molar-refractivity contribution in [1.82, 2.24) is 0 Å². The van der Waals surface area contributed by atoms with Crippen molar-refractivity contribution in [2.45, 2.75) is 83.5 Å². The largest absolute Gasteiger partial charge is 0.478 e. The number of carboxylic acids is 1. The average molecular weight is 561 g/mol. The van der Waals surface area contributed by atoms with Gasteiger partial charge in [0.15, 0.2) is 0 Å². The number of rotatable bonds is 4. The van der Waals surface area contributed by atoms with Crippen LogP contribution in [0.4, 0.5) is 0 Å². The van der Waals surface area contributed by atoms with Crippen molar-refractivity contribution in [2.75, 3.05) is 6.54 Å². The first-order valence-corrected chi connectivity index (χ1v) is 15.3. The van der Waals surface area contributed by atoms with Crippen LogP contribution >= 0.6 is 0 Å². The van der Waals surface area contributed by atoms with Crippen LogP contribution in [0.3, 0.4) is 0 Å². The van der Waals surface area contributed by atoms with Crippen LogP contribution in [0, 0.1) is 34.5 Å². The quantitative estimate of drug-likeness (QED) is 0.309. The van der Waals surface area contributed by atoms with Crippen LogP contribution in [-0.2, 0) is 14.3 Å². The molecule has 220 valence electrons. The Morgan fingerprint density at radius 3 is 2.44 bits per heavy atom. The van der Waals surface area contributed by atoms with Crippen molar-refractivity contribution in [3.05, 3.63) is 53.6 Å². The van der Waals surface area contributed by atoms with E-state index in [0.717, 1.165) is 49.3 Å². The molecule has 0 radical (unpaired) electrons. The van der Waals surface area contributed by atoms with Crippen LogP contribution in [0.15, 0.2) is 48.0 Å². The van der Waals surface area contributed by atoms with Gasteiger partial charge in [-0.05, 0) is 108 Å². The lowest BCUT2D eigenvalue weighted by atomic mass is 9.39. The SMILES string of the molecule is CC(=O)O[C@H]1C[C@@]2(C)[C@@H](CC[C@H]3[C@@]4(C)CC[C@@H](O)[C@@H](CN)[C@@H]4CC[C@@]32N)/C1=C(/C(=O)O)c1ccc2ccccc2c1. The first kappa shape index (κ1) is 28.4. The number of carbonyl (C=O) groups is 2. The molecule has 0 aromatic heterocycles. The van der Waals surface area contributed by atoms with Crippen LogP contribution in [0.5, 0.6) is 0 Å². The molecule has 41 heavy (non-hydrogen) atoms. The van der Waals surface area contributed by atoms with Crippen LogP contribution in [0.25, 0.3) is 16.3 Å². The molecule has 9 atom stereocenters. The number of aliphatic carboxylic acids is 1. The number of benzene rings is 2. The van der Waals surface area contributed by atoms with Gasteiger partial charge in [0, 0.05) is 18.4 Å². The fourth-order valence-corrected chi connectivity index (χ4v) is 10.3. The normalized spacial score (nSPS) is 41.2. The number of carbonyl (C=O) groups excluding carboxylic acids is 1. The summed E-state index contributed by atoms with van der Waals surface area (Å²) < 4.78 is 5.96. The topological polar surface area (TPSA) is 136 Å². The predicted molar refractivity (Wildman–Crippen MR) is 159 cm³/mol. The summed E-state index contributed by atoms with van der Waals surface area (Å²) in [7, 11) is 0. The summed E-state index contributed by atoms with van der Waals surface area (Å²) in [5.41, 5.74) is 14.4. The zero-order chi connectivity index (χ0) is 29.3. The number of carboxylic acid groups (broad SMARTS) is 1. The molecular weight excluding hydrogens is 516 g/mol. The van der Waals surface area contributed by atoms with Gasteiger partial charge in [-0.3, -0.25) is 4.79 Å². The van der Waals surface area contributed by atoms with Crippen LogP contribution in [-0.4, -0.2) is 46.4 Å². The molecule has 4 saturated carbocycles. The van der Waals surface area contributed by atoms with Crippen molar-refractivity contribution in [2.24, 2.45) is 46.0 Å². The molecule has 6 N–H and O–H groups in total. The molecule has 4 fully saturated rings. The third-order valence-electron chi connectivity index (χ3n) is 12.2. The Hall–Kier alpha value is -2.74. The van der Waals surface area contributed by atoms with Gasteiger partial charge in [0.05, 0.1) is 11.7 Å². The van der Waals surface area contributed by atoms with Crippen LogP contribution < -0.4 is 11.5 Å². The highest BCUT2D eigenvalue weighted by Gasteiger charge is 2.69. The second kappa shape index (κ2) is 9.92. The van der Waals surface area contributed by atoms with Gasteiger partial charge in [0.25, 0.3) is 0 Å². The summed E-state index contributed by atoms with van der Waals surface area (Å²) in [5, 5.41) is 23.5. The number of fused-ring (bicyclic) bond motifs is 6. The van der Waals surface area contributed by atoms with Crippen LogP contribution in [0.1, 0.15) is 71.3 Å². The Morgan fingerprint density at radius 1 is 1.02 bits per heavy atom. The molecule has 0 bridgehead atoms. The summed E-state index contributed by atoms with van der Waals surface area (Å²) in [6, 6.07) is 13.7. The fourth-order valence-electron chi connectivity index (χ4n) is 10.3. The van der Waals surface area contributed by atoms with Gasteiger partial charge in [0.2, 0.25) is 0 Å². The fraction of sp³-hybridized carbons (Fsp3) is 0.588. The van der Waals surface area contributed by atoms with E-state index in [4.69, 9.17) is 16.2 Å². The molecular formula is C34H44N2O5. The predicted octanol–water partition coefficient (Wildman–Crippen LogP) is 4.89. The Morgan fingerprint density at radius 2 is 1.76 bits per heavy atom. The van der Waals surface area contributed by atoms with Gasteiger partial charge in [-0.1, -0.05) is 50.2 Å². The van der Waals surface area contributed by atoms with Crippen molar-refractivity contribution >= 4 is 28.3 Å². The van der Waals surface area contributed by atoms with Gasteiger partial charge >= 0.3 is 11.9 Å². The number of nitrogens with two attached hydrogens (primary N) is 2. The molecule has 4 aliphatic carbocycles. The van der Waals surface area contributed by atoms with E-state index in [1.54, 1.807) is 0 Å². The van der Waals surface area contributed by atoms with E-state index in [1.807, 2.05) is 42.5 Å². The van der Waals surface area contributed by atoms with E-state index < -0.39 is 29.0 Å². The monoisotopic (exact) mass is 560 g/mol. The van der Waals surface area contributed by atoms with Crippen molar-refractivity contribution < 1.29 is 24.5 Å². The minimum Gasteiger partial charge on any atom is -0.478 e. The van der Waals surface area contributed by atoms with E-state index in [-0.39, 0.29) is 34.8 Å². The number of hydrogen-bond acceptors (Lipinski definition) is 6. The molecule has 0 saturated heterocycles. The van der Waals surface area contributed by atoms with Gasteiger partial charge in [-0.25, -0.2) is 4.79 Å². The highest BCUT2D eigenvalue weighted by Crippen LogP contribution is 2.70. The summed E-state index contributed by atoms with van der Waals surface area (Å²) in [4.78, 5) is 25.5. The summed E-state index contributed by atoms with van der Waals surface area (Å²) in [6.45, 7) is 6.44. The Balaban J connectivity index is 1.48. The molecule has 7 nitrogen and oxygen atoms in total. The lowest BCUT2D eigenvalue weighted by Crippen LogP contribution is -2.71. The average Bonchev–Trinajstić information content (AvgIpc) is 3.20. The first-order chi connectivity index (χ1) is 19.4. The van der Waals surface area contributed by atoms with E-state index in [2.05, 4.69) is 13.8 Å². The van der Waals surface area contributed by atoms with Crippen molar-refractivity contribution in [3.63, 3.8) is 0 Å². The summed E-state index contributed by atoms with van der Waals surface area (Å²) >= 11 is 0. The van der Waals surface area contributed by atoms with Crippen molar-refractivity contribution in [1.29, 1.82) is 0 Å². The lowest BCUT2D eigenvalue weighted by Gasteiger charge is -2.67. The molecule has 4 aliphatic rings. The maximum Gasteiger partial charge on any atom is 0.336 e. The second-order valence-corrected chi connectivity index (χ2v) is 13.8. The molecule has 0 amide bonds. The third kappa shape index (κ3) is 4.10. The molecule has 0 aliphatic heterocycles. The number of hydrogen-bond donors (Lipinski definition) is 4. The Labute approximate surface area is 242 Å². The van der Waals surface area contributed by atoms with Crippen molar-refractivity contribution in [3.8, 4) is 0 Å². The number of esters is 1. The Bertz CT molecular complexity index is 1420. The lowest BCUT2D eigenvalue weighted by molar-refractivity contribution is -0.166. The molecule has 2 aromatic rings. The summed E-state index contributed by atoms with van der Waals surface area (Å²) in [5.74, 6) is -0.946. The maximum atomic E-state index is 13.1. The minimum atomic E-state index is -1.01. The summed E-state index contributed by atoms with van der Waals surface area (Å²) in [6.07, 6.45) is 4.47. The highest BCUT2D eigenvalue weighted by molar-refractivity contribution is 6.17. The van der Waals surface area contributed by atoms with Crippen LogP contribution in [0.2, 0.25) is 0 Å². The van der Waals surface area contributed by atoms with Gasteiger partial charge in [-0.15, -0.1) is 0 Å². The van der Waals surface area contributed by atoms with E-state index in [9.17, 15) is 19.8 Å². The minimum absolute atomic E-state index is 0.0540. The third-order valence-corrected chi connectivity index (χ3v) is 12.2. The maximum absolute atomic E-state index is 13.1. The van der Waals surface area contributed by atoms with E-state index in [1.165, 1.54) is 6.92 Å². The second-order valence-electron chi connectivity index (χ2n) is 13.8. The molecule has 7 heteroatoms. The number of aliphatic hydroxyl groups is 1. The standard InChI is InChI=1S/C34H44N2O5/c1-19(37)41-27-17-33(3)25(30(27)29(31(39)40)22-9-8-20-6-4-5-7-21(20)16-22)10-11-28-32(2)14-13-26(38)23(18-35)24(32)12-15-34(28,33)36/h4-9,16,23-28,38H,10-15,17-18,35-36H2,1-3H3,(H,39,40)/b30-29-/t23-,24-,25-,26+,27-,28-,32-,33-,34+/m0/s1. The molecule has 2 aromatic carbocycles. The Kier molecular flexibility index (Phi) is 6.87. The number of ether oxygens (including phenoxy) is 1.